The summed E-state index contributed by atoms with van der Waals surface area (Å²) in [6.07, 6.45) is 2.29. The van der Waals surface area contributed by atoms with Gasteiger partial charge in [-0.3, -0.25) is 9.59 Å². The number of likely N-dealkylation sites (N-methyl/N-ethyl adjacent to an activating group) is 1. The lowest BCUT2D eigenvalue weighted by Crippen LogP contribution is -2.36. The molecule has 0 radical (unpaired) electrons. The average Bonchev–Trinajstić information content (AvgIpc) is 2.76. The lowest BCUT2D eigenvalue weighted by Gasteiger charge is -2.26. The number of amides is 1. The Balaban J connectivity index is 1.66. The molecule has 0 saturated carbocycles. The molecule has 4 rings (SSSR count). The van der Waals surface area contributed by atoms with Gasteiger partial charge in [0, 0.05) is 24.6 Å². The number of hydrogen-bond acceptors (Lipinski definition) is 2. The molecule has 0 unspecified atom stereocenters. The summed E-state index contributed by atoms with van der Waals surface area (Å²) in [5.74, 6) is 5.72. The molecular formula is C26H19NO2. The van der Waals surface area contributed by atoms with E-state index >= 15 is 0 Å². The Morgan fingerprint density at radius 3 is 2.31 bits per heavy atom. The zero-order valence-electron chi connectivity index (χ0n) is 16.1. The van der Waals surface area contributed by atoms with Crippen molar-refractivity contribution >= 4 is 23.5 Å². The van der Waals surface area contributed by atoms with Crippen LogP contribution in [0, 0.1) is 11.8 Å². The number of carbonyl (C=O) groups is 2. The van der Waals surface area contributed by atoms with Gasteiger partial charge in [0.15, 0.2) is 0 Å². The van der Waals surface area contributed by atoms with E-state index in [0.29, 0.717) is 17.7 Å². The van der Waals surface area contributed by atoms with Gasteiger partial charge in [0.05, 0.1) is 11.3 Å². The van der Waals surface area contributed by atoms with Gasteiger partial charge in [-0.15, -0.1) is 0 Å². The van der Waals surface area contributed by atoms with Gasteiger partial charge in [-0.25, -0.2) is 0 Å². The first-order valence-corrected chi connectivity index (χ1v) is 9.40. The zero-order chi connectivity index (χ0) is 20.2. The van der Waals surface area contributed by atoms with Crippen LogP contribution in [-0.2, 0) is 11.2 Å². The fourth-order valence-electron chi connectivity index (χ4n) is 3.31. The maximum atomic E-state index is 13.1. The van der Waals surface area contributed by atoms with Crippen LogP contribution in [-0.4, -0.2) is 18.7 Å². The van der Waals surface area contributed by atoms with Crippen LogP contribution < -0.4 is 4.90 Å². The topological polar surface area (TPSA) is 37.4 Å². The monoisotopic (exact) mass is 377 g/mol. The highest BCUT2D eigenvalue weighted by molar-refractivity contribution is 6.36. The maximum absolute atomic E-state index is 13.1. The van der Waals surface area contributed by atoms with E-state index in [1.807, 2.05) is 66.7 Å². The Morgan fingerprint density at radius 1 is 0.897 bits per heavy atom. The van der Waals surface area contributed by atoms with Crippen molar-refractivity contribution in [3.05, 3.63) is 107 Å². The molecule has 1 heterocycles. The van der Waals surface area contributed by atoms with Gasteiger partial charge in [-0.05, 0) is 35.4 Å². The Labute approximate surface area is 170 Å². The van der Waals surface area contributed by atoms with Crippen molar-refractivity contribution in [2.24, 2.45) is 0 Å². The summed E-state index contributed by atoms with van der Waals surface area (Å²) in [7, 11) is 1.69. The zero-order valence-corrected chi connectivity index (χ0v) is 16.1. The van der Waals surface area contributed by atoms with Crippen LogP contribution >= 0.6 is 0 Å². The Bertz CT molecular complexity index is 1170. The lowest BCUT2D eigenvalue weighted by atomic mass is 9.92. The van der Waals surface area contributed by atoms with Crippen LogP contribution in [0.4, 0.5) is 5.69 Å². The van der Waals surface area contributed by atoms with E-state index in [4.69, 9.17) is 0 Å². The molecule has 0 aromatic heterocycles. The summed E-state index contributed by atoms with van der Waals surface area (Å²) in [6.45, 7) is 0. The second kappa shape index (κ2) is 8.00. The first kappa shape index (κ1) is 18.5. The molecule has 0 bridgehead atoms. The smallest absolute Gasteiger partial charge is 0.262 e. The Morgan fingerprint density at radius 2 is 1.59 bits per heavy atom. The summed E-state index contributed by atoms with van der Waals surface area (Å²) in [5, 5.41) is 0. The minimum Gasteiger partial charge on any atom is -0.311 e. The number of benzene rings is 3. The normalized spacial score (nSPS) is 14.4. The fraction of sp³-hybridized carbons (Fsp3) is 0.0769. The number of hydrogen-bond donors (Lipinski definition) is 0. The summed E-state index contributed by atoms with van der Waals surface area (Å²) in [5.41, 5.74) is 4.00. The van der Waals surface area contributed by atoms with E-state index in [2.05, 4.69) is 11.8 Å². The molecule has 0 aliphatic carbocycles. The van der Waals surface area contributed by atoms with Crippen LogP contribution in [0.5, 0.6) is 0 Å². The molecule has 3 heteroatoms. The van der Waals surface area contributed by atoms with Crippen molar-refractivity contribution in [3.63, 3.8) is 0 Å². The lowest BCUT2D eigenvalue weighted by molar-refractivity contribution is -0.114. The molecule has 1 amide bonds. The minimum atomic E-state index is -0.297. The number of ketones is 1. The highest BCUT2D eigenvalue weighted by Crippen LogP contribution is 2.31. The molecule has 3 aromatic rings. The second-order valence-corrected chi connectivity index (χ2v) is 6.86. The molecular weight excluding hydrogens is 358 g/mol. The molecule has 0 atom stereocenters. The Kier molecular flexibility index (Phi) is 5.09. The first-order chi connectivity index (χ1) is 14.1. The maximum Gasteiger partial charge on any atom is 0.262 e. The summed E-state index contributed by atoms with van der Waals surface area (Å²) >= 11 is 0. The SMILES string of the molecule is CN1C(=O)C(=Cc2ccccc2)C(=O)c2cc(C#CCc3ccccc3)ccc21. The molecule has 1 aliphatic heterocycles. The minimum absolute atomic E-state index is 0.167. The van der Waals surface area contributed by atoms with E-state index in [1.165, 1.54) is 4.90 Å². The van der Waals surface area contributed by atoms with Crippen molar-refractivity contribution in [3.8, 4) is 11.8 Å². The van der Waals surface area contributed by atoms with Crippen molar-refractivity contribution < 1.29 is 9.59 Å². The standard InChI is InChI=1S/C26H19NO2/c1-27-24-16-15-21(14-8-13-19-9-4-2-5-10-19)17-22(24)25(28)23(26(27)29)18-20-11-6-3-7-12-20/h2-7,9-12,15-18H,13H2,1H3. The summed E-state index contributed by atoms with van der Waals surface area (Å²) in [6, 6.07) is 24.8. The molecule has 1 aliphatic rings. The molecule has 29 heavy (non-hydrogen) atoms. The van der Waals surface area contributed by atoms with Gasteiger partial charge in [-0.2, -0.15) is 0 Å². The van der Waals surface area contributed by atoms with Crippen LogP contribution in [0.25, 0.3) is 6.08 Å². The number of nitrogens with zero attached hydrogens (tertiary/aromatic N) is 1. The van der Waals surface area contributed by atoms with Crippen molar-refractivity contribution in [1.82, 2.24) is 0 Å². The largest absolute Gasteiger partial charge is 0.311 e. The van der Waals surface area contributed by atoms with Crippen molar-refractivity contribution in [2.75, 3.05) is 11.9 Å². The third-order valence-corrected chi connectivity index (χ3v) is 4.86. The van der Waals surface area contributed by atoms with Crippen molar-refractivity contribution in [2.45, 2.75) is 6.42 Å². The van der Waals surface area contributed by atoms with E-state index in [0.717, 1.165) is 16.7 Å². The molecule has 140 valence electrons. The van der Waals surface area contributed by atoms with Gasteiger partial charge in [-0.1, -0.05) is 72.5 Å². The molecule has 0 saturated heterocycles. The van der Waals surface area contributed by atoms with Crippen molar-refractivity contribution in [1.29, 1.82) is 0 Å². The van der Waals surface area contributed by atoms with Crippen LogP contribution in [0.2, 0.25) is 0 Å². The number of anilines is 1. The fourth-order valence-corrected chi connectivity index (χ4v) is 3.31. The molecule has 3 nitrogen and oxygen atoms in total. The average molecular weight is 377 g/mol. The molecule has 0 N–H and O–H groups in total. The van der Waals surface area contributed by atoms with E-state index < -0.39 is 0 Å². The van der Waals surface area contributed by atoms with Gasteiger partial charge in [0.25, 0.3) is 5.91 Å². The predicted octanol–water partition coefficient (Wildman–Crippen LogP) is 4.52. The van der Waals surface area contributed by atoms with Crippen LogP contribution in [0.1, 0.15) is 27.0 Å². The summed E-state index contributed by atoms with van der Waals surface area (Å²) in [4.78, 5) is 27.3. The van der Waals surface area contributed by atoms with E-state index in [-0.39, 0.29) is 17.3 Å². The summed E-state index contributed by atoms with van der Waals surface area (Å²) < 4.78 is 0. The quantitative estimate of drug-likeness (QED) is 0.374. The van der Waals surface area contributed by atoms with Gasteiger partial charge < -0.3 is 4.90 Å². The van der Waals surface area contributed by atoms with Crippen LogP contribution in [0.15, 0.2) is 84.4 Å². The first-order valence-electron chi connectivity index (χ1n) is 9.40. The molecule has 0 spiro atoms. The highest BCUT2D eigenvalue weighted by atomic mass is 16.2. The molecule has 0 fully saturated rings. The highest BCUT2D eigenvalue weighted by Gasteiger charge is 2.32. The Hall–Kier alpha value is -3.90. The molecule has 3 aromatic carbocycles. The third kappa shape index (κ3) is 3.88. The number of fused-ring (bicyclic) bond motifs is 1. The van der Waals surface area contributed by atoms with E-state index in [1.54, 1.807) is 25.3 Å². The van der Waals surface area contributed by atoms with Crippen LogP contribution in [0.3, 0.4) is 0 Å². The van der Waals surface area contributed by atoms with E-state index in [9.17, 15) is 9.59 Å². The second-order valence-electron chi connectivity index (χ2n) is 6.86. The van der Waals surface area contributed by atoms with Gasteiger partial charge in [0.2, 0.25) is 5.78 Å². The third-order valence-electron chi connectivity index (χ3n) is 4.86. The van der Waals surface area contributed by atoms with Gasteiger partial charge >= 0.3 is 0 Å². The van der Waals surface area contributed by atoms with Gasteiger partial charge in [0.1, 0.15) is 0 Å². The predicted molar refractivity (Wildman–Crippen MR) is 116 cm³/mol. The number of rotatable bonds is 2. The number of Topliss-reactive ketones (excluding diaryl/α,β-unsaturated/α-hetero) is 1. The number of carbonyl (C=O) groups excluding carboxylic acids is 2.